The molecule has 10 heteroatoms. The van der Waals surface area contributed by atoms with Crippen molar-refractivity contribution in [2.75, 3.05) is 12.0 Å². The Morgan fingerprint density at radius 1 is 1.47 bits per heavy atom. The fraction of sp³-hybridized carbons (Fsp3) is 0.667. The van der Waals surface area contributed by atoms with Gasteiger partial charge >= 0.3 is 6.03 Å². The van der Waals surface area contributed by atoms with E-state index in [9.17, 15) is 9.59 Å². The molecule has 2 atom stereocenters. The summed E-state index contributed by atoms with van der Waals surface area (Å²) >= 11 is 1.58. The molecule has 19 heavy (non-hydrogen) atoms. The third-order valence-corrected chi connectivity index (χ3v) is 3.00. The van der Waals surface area contributed by atoms with Crippen LogP contribution in [0.4, 0.5) is 4.79 Å². The Bertz CT molecular complexity index is 411. The summed E-state index contributed by atoms with van der Waals surface area (Å²) in [6.07, 6.45) is 2.41. The molecule has 1 heterocycles. The van der Waals surface area contributed by atoms with E-state index in [2.05, 4.69) is 31.3 Å². The molecule has 5 N–H and O–H groups in total. The van der Waals surface area contributed by atoms with E-state index < -0.39 is 18.1 Å². The van der Waals surface area contributed by atoms with E-state index in [0.29, 0.717) is 12.2 Å². The molecular formula is C9H17N7O2S. The highest BCUT2D eigenvalue weighted by Gasteiger charge is 2.22. The highest BCUT2D eigenvalue weighted by Crippen LogP contribution is 2.06. The number of hydrogen-bond acceptors (Lipinski definition) is 6. The number of thioether (sulfide) groups is 1. The molecule has 0 radical (unpaired) electrons. The topological polar surface area (TPSA) is 139 Å². The summed E-state index contributed by atoms with van der Waals surface area (Å²) in [5.74, 6) is 0.774. The zero-order valence-electron chi connectivity index (χ0n) is 10.7. The second-order valence-electron chi connectivity index (χ2n) is 3.84. The van der Waals surface area contributed by atoms with E-state index in [1.807, 2.05) is 6.26 Å². The molecule has 2 unspecified atom stereocenters. The zero-order valence-corrected chi connectivity index (χ0v) is 11.5. The van der Waals surface area contributed by atoms with E-state index >= 15 is 0 Å². The molecule has 0 aliphatic heterocycles. The number of aromatic nitrogens is 4. The number of rotatable bonds is 7. The number of tetrazole rings is 1. The number of primary amides is 1. The molecule has 0 saturated heterocycles. The number of carbonyl (C=O) groups is 2. The normalized spacial score (nSPS) is 13.6. The SMILES string of the molecule is CSCCC(NC(N)=O)C(=O)NC(C)c1nn[nH]n1. The second kappa shape index (κ2) is 7.56. The molecule has 1 aromatic heterocycles. The highest BCUT2D eigenvalue weighted by molar-refractivity contribution is 7.98. The fourth-order valence-electron chi connectivity index (χ4n) is 1.41. The Kier molecular flexibility index (Phi) is 6.06. The van der Waals surface area contributed by atoms with Gasteiger partial charge in [0, 0.05) is 0 Å². The van der Waals surface area contributed by atoms with Crippen molar-refractivity contribution in [1.29, 1.82) is 0 Å². The van der Waals surface area contributed by atoms with Gasteiger partial charge < -0.3 is 16.4 Å². The van der Waals surface area contributed by atoms with Crippen molar-refractivity contribution in [3.8, 4) is 0 Å². The molecule has 0 aliphatic rings. The molecule has 0 saturated carbocycles. The maximum Gasteiger partial charge on any atom is 0.312 e. The van der Waals surface area contributed by atoms with Crippen molar-refractivity contribution in [2.24, 2.45) is 5.73 Å². The monoisotopic (exact) mass is 287 g/mol. The van der Waals surface area contributed by atoms with Gasteiger partial charge in [0.1, 0.15) is 6.04 Å². The predicted molar refractivity (Wildman–Crippen MR) is 70.2 cm³/mol. The van der Waals surface area contributed by atoms with E-state index in [0.717, 1.165) is 5.75 Å². The van der Waals surface area contributed by atoms with Gasteiger partial charge in [0.15, 0.2) is 5.82 Å². The maximum atomic E-state index is 12.0. The smallest absolute Gasteiger partial charge is 0.312 e. The molecule has 1 aromatic rings. The Morgan fingerprint density at radius 3 is 2.74 bits per heavy atom. The average molecular weight is 287 g/mol. The molecule has 0 aromatic carbocycles. The lowest BCUT2D eigenvalue weighted by Crippen LogP contribution is -2.49. The Labute approximate surface area is 114 Å². The summed E-state index contributed by atoms with van der Waals surface area (Å²) in [6.45, 7) is 1.72. The van der Waals surface area contributed by atoms with Gasteiger partial charge in [0.2, 0.25) is 5.91 Å². The first-order valence-electron chi connectivity index (χ1n) is 5.63. The predicted octanol–water partition coefficient (Wildman–Crippen LogP) is -0.833. The first-order chi connectivity index (χ1) is 9.04. The molecule has 106 valence electrons. The second-order valence-corrected chi connectivity index (χ2v) is 4.83. The number of nitrogens with two attached hydrogens (primary N) is 1. The number of aromatic amines is 1. The minimum absolute atomic E-state index is 0.329. The van der Waals surface area contributed by atoms with Gasteiger partial charge in [-0.2, -0.15) is 17.0 Å². The minimum Gasteiger partial charge on any atom is -0.352 e. The molecule has 0 aliphatic carbocycles. The molecular weight excluding hydrogens is 270 g/mol. The summed E-state index contributed by atoms with van der Waals surface area (Å²) < 4.78 is 0. The number of carbonyl (C=O) groups excluding carboxylic acids is 2. The van der Waals surface area contributed by atoms with Crippen LogP contribution in [-0.2, 0) is 4.79 Å². The van der Waals surface area contributed by atoms with E-state index in [4.69, 9.17) is 5.73 Å². The van der Waals surface area contributed by atoms with Gasteiger partial charge in [-0.15, -0.1) is 10.2 Å². The van der Waals surface area contributed by atoms with Crippen LogP contribution in [0.3, 0.4) is 0 Å². The van der Waals surface area contributed by atoms with Gasteiger partial charge in [-0.25, -0.2) is 4.79 Å². The van der Waals surface area contributed by atoms with Gasteiger partial charge in [-0.1, -0.05) is 5.21 Å². The lowest BCUT2D eigenvalue weighted by atomic mass is 10.2. The van der Waals surface area contributed by atoms with Gasteiger partial charge in [-0.3, -0.25) is 4.79 Å². The summed E-state index contributed by atoms with van der Waals surface area (Å²) in [6, 6.07) is -1.80. The van der Waals surface area contributed by atoms with Gasteiger partial charge in [-0.05, 0) is 25.4 Å². The first kappa shape index (κ1) is 15.2. The van der Waals surface area contributed by atoms with Crippen molar-refractivity contribution in [3.63, 3.8) is 0 Å². The van der Waals surface area contributed by atoms with Crippen LogP contribution in [0.15, 0.2) is 0 Å². The number of hydrogen-bond donors (Lipinski definition) is 4. The van der Waals surface area contributed by atoms with E-state index in [-0.39, 0.29) is 5.91 Å². The van der Waals surface area contributed by atoms with Crippen LogP contribution in [-0.4, -0.2) is 50.6 Å². The molecule has 0 spiro atoms. The van der Waals surface area contributed by atoms with Crippen molar-refractivity contribution >= 4 is 23.7 Å². The summed E-state index contributed by atoms with van der Waals surface area (Å²) in [4.78, 5) is 22.9. The molecule has 0 fully saturated rings. The zero-order chi connectivity index (χ0) is 14.3. The molecule has 0 bridgehead atoms. The highest BCUT2D eigenvalue weighted by atomic mass is 32.2. The van der Waals surface area contributed by atoms with Crippen LogP contribution >= 0.6 is 11.8 Å². The molecule has 9 nitrogen and oxygen atoms in total. The number of urea groups is 1. The number of nitrogens with zero attached hydrogens (tertiary/aromatic N) is 3. The standard InChI is InChI=1S/C9H17N7O2S/c1-5(7-13-15-16-14-7)11-8(17)6(3-4-19-2)12-9(10)18/h5-6H,3-4H2,1-2H3,(H,11,17)(H3,10,12,18)(H,13,14,15,16). The summed E-state index contributed by atoms with van der Waals surface area (Å²) in [5, 5.41) is 18.4. The number of H-pyrrole nitrogens is 1. The van der Waals surface area contributed by atoms with Gasteiger partial charge in [0.05, 0.1) is 6.04 Å². The Hall–Kier alpha value is -1.84. The number of nitrogens with one attached hydrogen (secondary N) is 3. The largest absolute Gasteiger partial charge is 0.352 e. The minimum atomic E-state index is -0.728. The summed E-state index contributed by atoms with van der Waals surface area (Å²) in [7, 11) is 0. The van der Waals surface area contributed by atoms with Crippen LogP contribution in [0.25, 0.3) is 0 Å². The lowest BCUT2D eigenvalue weighted by molar-refractivity contribution is -0.123. The van der Waals surface area contributed by atoms with Crippen molar-refractivity contribution < 1.29 is 9.59 Å². The Morgan fingerprint density at radius 2 is 2.21 bits per heavy atom. The molecule has 3 amide bonds. The fourth-order valence-corrected chi connectivity index (χ4v) is 1.88. The van der Waals surface area contributed by atoms with Crippen molar-refractivity contribution in [3.05, 3.63) is 5.82 Å². The molecule has 1 rings (SSSR count). The average Bonchev–Trinajstić information content (AvgIpc) is 2.87. The van der Waals surface area contributed by atoms with Crippen LogP contribution in [0.2, 0.25) is 0 Å². The van der Waals surface area contributed by atoms with Crippen LogP contribution in [0.5, 0.6) is 0 Å². The van der Waals surface area contributed by atoms with E-state index in [1.165, 1.54) is 0 Å². The van der Waals surface area contributed by atoms with Crippen molar-refractivity contribution in [2.45, 2.75) is 25.4 Å². The maximum absolute atomic E-state index is 12.0. The van der Waals surface area contributed by atoms with Crippen LogP contribution in [0.1, 0.15) is 25.2 Å². The Balaban J connectivity index is 2.57. The first-order valence-corrected chi connectivity index (χ1v) is 7.02. The van der Waals surface area contributed by atoms with Crippen LogP contribution < -0.4 is 16.4 Å². The number of amides is 3. The van der Waals surface area contributed by atoms with E-state index in [1.54, 1.807) is 18.7 Å². The van der Waals surface area contributed by atoms with Crippen LogP contribution in [0, 0.1) is 0 Å². The third kappa shape index (κ3) is 5.12. The van der Waals surface area contributed by atoms with Gasteiger partial charge in [0.25, 0.3) is 0 Å². The lowest BCUT2D eigenvalue weighted by Gasteiger charge is -2.18. The quantitative estimate of drug-likeness (QED) is 0.516. The third-order valence-electron chi connectivity index (χ3n) is 2.35. The van der Waals surface area contributed by atoms with Crippen molar-refractivity contribution in [1.82, 2.24) is 31.3 Å². The summed E-state index contributed by atoms with van der Waals surface area (Å²) in [5.41, 5.74) is 5.05.